The summed E-state index contributed by atoms with van der Waals surface area (Å²) < 4.78 is 0. The first-order valence-electron chi connectivity index (χ1n) is 5.65. The summed E-state index contributed by atoms with van der Waals surface area (Å²) in [6.07, 6.45) is 4.01. The molecule has 1 aliphatic rings. The summed E-state index contributed by atoms with van der Waals surface area (Å²) in [7, 11) is 0. The first-order chi connectivity index (χ1) is 7.70. The van der Waals surface area contributed by atoms with E-state index in [4.69, 9.17) is 17.3 Å². The Labute approximate surface area is 101 Å². The van der Waals surface area contributed by atoms with Crippen LogP contribution in [0, 0.1) is 12.8 Å². The predicted molar refractivity (Wildman–Crippen MR) is 65.8 cm³/mol. The molecule has 2 heterocycles. The van der Waals surface area contributed by atoms with Crippen molar-refractivity contribution in [3.8, 4) is 0 Å². The molecule has 2 N–H and O–H groups in total. The molecule has 0 saturated carbocycles. The summed E-state index contributed by atoms with van der Waals surface area (Å²) in [5.74, 6) is 1.39. The highest BCUT2D eigenvalue weighted by molar-refractivity contribution is 6.30. The molecule has 2 rings (SSSR count). The molecule has 1 saturated heterocycles. The second kappa shape index (κ2) is 4.97. The SMILES string of the molecule is Cc1cnc(N2CCC(CN)CC2)nc1Cl. The number of aromatic nitrogens is 2. The molecule has 0 aromatic carbocycles. The third kappa shape index (κ3) is 2.44. The highest BCUT2D eigenvalue weighted by atomic mass is 35.5. The van der Waals surface area contributed by atoms with Crippen LogP contribution in [0.15, 0.2) is 6.20 Å². The number of nitrogens with zero attached hydrogens (tertiary/aromatic N) is 3. The van der Waals surface area contributed by atoms with Gasteiger partial charge < -0.3 is 10.6 Å². The van der Waals surface area contributed by atoms with Crippen molar-refractivity contribution >= 4 is 17.5 Å². The standard InChI is InChI=1S/C11H17ClN4/c1-8-7-14-11(15-10(8)12)16-4-2-9(6-13)3-5-16/h7,9H,2-6,13H2,1H3. The van der Waals surface area contributed by atoms with E-state index in [2.05, 4.69) is 14.9 Å². The second-order valence-corrected chi connectivity index (χ2v) is 4.67. The van der Waals surface area contributed by atoms with Crippen LogP contribution in [0.5, 0.6) is 0 Å². The summed E-state index contributed by atoms with van der Waals surface area (Å²) in [6, 6.07) is 0. The third-order valence-corrected chi connectivity index (χ3v) is 3.51. The van der Waals surface area contributed by atoms with E-state index in [0.29, 0.717) is 11.1 Å². The van der Waals surface area contributed by atoms with Gasteiger partial charge in [0.1, 0.15) is 5.15 Å². The van der Waals surface area contributed by atoms with Gasteiger partial charge in [0.15, 0.2) is 0 Å². The van der Waals surface area contributed by atoms with E-state index in [1.807, 2.05) is 6.92 Å². The lowest BCUT2D eigenvalue weighted by Gasteiger charge is -2.31. The zero-order chi connectivity index (χ0) is 11.5. The van der Waals surface area contributed by atoms with Gasteiger partial charge in [-0.15, -0.1) is 0 Å². The predicted octanol–water partition coefficient (Wildman–Crippen LogP) is 1.61. The van der Waals surface area contributed by atoms with Crippen molar-refractivity contribution in [1.29, 1.82) is 0 Å². The molecule has 0 radical (unpaired) electrons. The van der Waals surface area contributed by atoms with E-state index in [0.717, 1.165) is 44.0 Å². The van der Waals surface area contributed by atoms with Gasteiger partial charge in [-0.25, -0.2) is 9.97 Å². The average Bonchev–Trinajstić information content (AvgIpc) is 2.33. The first-order valence-corrected chi connectivity index (χ1v) is 6.02. The van der Waals surface area contributed by atoms with E-state index >= 15 is 0 Å². The largest absolute Gasteiger partial charge is 0.341 e. The lowest BCUT2D eigenvalue weighted by molar-refractivity contribution is 0.411. The maximum absolute atomic E-state index is 5.99. The molecular weight excluding hydrogens is 224 g/mol. The summed E-state index contributed by atoms with van der Waals surface area (Å²) in [4.78, 5) is 10.8. The molecule has 0 amide bonds. The fraction of sp³-hybridized carbons (Fsp3) is 0.636. The van der Waals surface area contributed by atoms with E-state index in [1.165, 1.54) is 0 Å². The molecule has 0 aliphatic carbocycles. The Hall–Kier alpha value is -0.870. The van der Waals surface area contributed by atoms with Crippen LogP contribution in [0.2, 0.25) is 5.15 Å². The first kappa shape index (κ1) is 11.6. The van der Waals surface area contributed by atoms with Crippen LogP contribution in [0.25, 0.3) is 0 Å². The van der Waals surface area contributed by atoms with E-state index in [-0.39, 0.29) is 0 Å². The van der Waals surface area contributed by atoms with Gasteiger partial charge in [0.25, 0.3) is 0 Å². The number of anilines is 1. The van der Waals surface area contributed by atoms with E-state index in [9.17, 15) is 0 Å². The second-order valence-electron chi connectivity index (χ2n) is 4.31. The van der Waals surface area contributed by atoms with Crippen LogP contribution in [0.4, 0.5) is 5.95 Å². The molecule has 0 bridgehead atoms. The highest BCUT2D eigenvalue weighted by Crippen LogP contribution is 2.21. The van der Waals surface area contributed by atoms with Crippen LogP contribution in [0.3, 0.4) is 0 Å². The number of halogens is 1. The fourth-order valence-electron chi connectivity index (χ4n) is 1.93. The number of aryl methyl sites for hydroxylation is 1. The van der Waals surface area contributed by atoms with Gasteiger partial charge in [-0.05, 0) is 32.2 Å². The Kier molecular flexibility index (Phi) is 3.61. The molecule has 16 heavy (non-hydrogen) atoms. The molecule has 88 valence electrons. The van der Waals surface area contributed by atoms with Gasteiger partial charge >= 0.3 is 0 Å². The number of rotatable bonds is 2. The molecule has 5 heteroatoms. The number of piperidine rings is 1. The Morgan fingerprint density at radius 3 is 2.75 bits per heavy atom. The molecular formula is C11H17ClN4. The summed E-state index contributed by atoms with van der Waals surface area (Å²) >= 11 is 5.99. The van der Waals surface area contributed by atoms with Crippen molar-refractivity contribution in [2.24, 2.45) is 11.7 Å². The minimum absolute atomic E-state index is 0.547. The van der Waals surface area contributed by atoms with Gasteiger partial charge in [0.05, 0.1) is 0 Å². The molecule has 1 fully saturated rings. The highest BCUT2D eigenvalue weighted by Gasteiger charge is 2.20. The van der Waals surface area contributed by atoms with Crippen LogP contribution < -0.4 is 10.6 Å². The molecule has 4 nitrogen and oxygen atoms in total. The molecule has 1 aromatic rings. The Balaban J connectivity index is 2.05. The monoisotopic (exact) mass is 240 g/mol. The van der Waals surface area contributed by atoms with Crippen LogP contribution >= 0.6 is 11.6 Å². The molecule has 0 unspecified atom stereocenters. The van der Waals surface area contributed by atoms with Crippen LogP contribution in [-0.4, -0.2) is 29.6 Å². The van der Waals surface area contributed by atoms with Crippen molar-refractivity contribution in [2.75, 3.05) is 24.5 Å². The Morgan fingerprint density at radius 2 is 2.19 bits per heavy atom. The van der Waals surface area contributed by atoms with Crippen molar-refractivity contribution < 1.29 is 0 Å². The van der Waals surface area contributed by atoms with Crippen molar-refractivity contribution in [3.05, 3.63) is 16.9 Å². The minimum Gasteiger partial charge on any atom is -0.341 e. The number of nitrogens with two attached hydrogens (primary N) is 1. The van der Waals surface area contributed by atoms with Crippen molar-refractivity contribution in [1.82, 2.24) is 9.97 Å². The fourth-order valence-corrected chi connectivity index (χ4v) is 2.06. The molecule has 1 aromatic heterocycles. The molecule has 1 aliphatic heterocycles. The maximum atomic E-state index is 5.99. The summed E-state index contributed by atoms with van der Waals surface area (Å²) in [5.41, 5.74) is 6.58. The summed E-state index contributed by atoms with van der Waals surface area (Å²) in [5, 5.41) is 0.547. The van der Waals surface area contributed by atoms with E-state index < -0.39 is 0 Å². The number of hydrogen-bond acceptors (Lipinski definition) is 4. The Morgan fingerprint density at radius 1 is 1.50 bits per heavy atom. The lowest BCUT2D eigenvalue weighted by Crippen LogP contribution is -2.37. The number of hydrogen-bond donors (Lipinski definition) is 1. The molecule has 0 atom stereocenters. The minimum atomic E-state index is 0.547. The van der Waals surface area contributed by atoms with Gasteiger partial charge in [-0.1, -0.05) is 11.6 Å². The van der Waals surface area contributed by atoms with Crippen LogP contribution in [0.1, 0.15) is 18.4 Å². The van der Waals surface area contributed by atoms with E-state index in [1.54, 1.807) is 6.20 Å². The van der Waals surface area contributed by atoms with Gasteiger partial charge in [-0.3, -0.25) is 0 Å². The lowest BCUT2D eigenvalue weighted by atomic mass is 9.97. The maximum Gasteiger partial charge on any atom is 0.226 e. The zero-order valence-electron chi connectivity index (χ0n) is 9.49. The van der Waals surface area contributed by atoms with Crippen LogP contribution in [-0.2, 0) is 0 Å². The van der Waals surface area contributed by atoms with Crippen molar-refractivity contribution in [2.45, 2.75) is 19.8 Å². The van der Waals surface area contributed by atoms with Gasteiger partial charge in [0, 0.05) is 24.8 Å². The topological polar surface area (TPSA) is 55.0 Å². The normalized spacial score (nSPS) is 17.8. The zero-order valence-corrected chi connectivity index (χ0v) is 10.2. The van der Waals surface area contributed by atoms with Gasteiger partial charge in [0.2, 0.25) is 5.95 Å². The average molecular weight is 241 g/mol. The van der Waals surface area contributed by atoms with Gasteiger partial charge in [-0.2, -0.15) is 0 Å². The Bertz CT molecular complexity index is 361. The smallest absolute Gasteiger partial charge is 0.226 e. The summed E-state index contributed by atoms with van der Waals surface area (Å²) in [6.45, 7) is 4.64. The third-order valence-electron chi connectivity index (χ3n) is 3.13. The van der Waals surface area contributed by atoms with Crippen molar-refractivity contribution in [3.63, 3.8) is 0 Å². The quantitative estimate of drug-likeness (QED) is 0.799. The molecule has 0 spiro atoms.